The standard InChI is InChI=1S/C27H35N5O3/c1-30-11-9-23(10-12-30)32-26-7-6-25(14-22(26)15-29-32)35-19-27(34)28-16-24(33)18-31-13-8-20-4-2-3-5-21(20)17-31/h2-7,14-15,23-24,33H,8-13,16-19H2,1H3,(H,28,34). The molecule has 3 heterocycles. The van der Waals surface area contributed by atoms with Crippen molar-refractivity contribution in [3.63, 3.8) is 0 Å². The van der Waals surface area contributed by atoms with Crippen molar-refractivity contribution < 1.29 is 14.6 Å². The first-order chi connectivity index (χ1) is 17.0. The summed E-state index contributed by atoms with van der Waals surface area (Å²) in [5, 5.41) is 18.8. The molecule has 1 atom stereocenters. The molecule has 3 aromatic rings. The van der Waals surface area contributed by atoms with Gasteiger partial charge in [-0.1, -0.05) is 24.3 Å². The van der Waals surface area contributed by atoms with E-state index in [1.165, 1.54) is 11.1 Å². The minimum Gasteiger partial charge on any atom is -0.484 e. The number of fused-ring (bicyclic) bond motifs is 2. The lowest BCUT2D eigenvalue weighted by Crippen LogP contribution is -2.42. The quantitative estimate of drug-likeness (QED) is 0.518. The van der Waals surface area contributed by atoms with E-state index in [9.17, 15) is 9.90 Å². The van der Waals surface area contributed by atoms with E-state index in [0.717, 1.165) is 56.3 Å². The van der Waals surface area contributed by atoms with Crippen molar-refractivity contribution in [3.8, 4) is 5.75 Å². The van der Waals surface area contributed by atoms with Gasteiger partial charge in [0, 0.05) is 31.6 Å². The number of aromatic nitrogens is 2. The molecule has 186 valence electrons. The number of piperidine rings is 1. The molecule has 8 nitrogen and oxygen atoms in total. The number of carbonyl (C=O) groups is 1. The average Bonchev–Trinajstić information content (AvgIpc) is 3.30. The number of benzene rings is 2. The third-order valence-electron chi connectivity index (χ3n) is 7.18. The van der Waals surface area contributed by atoms with Gasteiger partial charge in [0.15, 0.2) is 6.61 Å². The fourth-order valence-electron chi connectivity index (χ4n) is 5.16. The molecule has 2 aromatic carbocycles. The van der Waals surface area contributed by atoms with E-state index in [4.69, 9.17) is 4.74 Å². The Morgan fingerprint density at radius 2 is 1.97 bits per heavy atom. The van der Waals surface area contributed by atoms with Gasteiger partial charge in [-0.15, -0.1) is 0 Å². The summed E-state index contributed by atoms with van der Waals surface area (Å²) >= 11 is 0. The maximum absolute atomic E-state index is 12.3. The van der Waals surface area contributed by atoms with Gasteiger partial charge in [0.1, 0.15) is 5.75 Å². The van der Waals surface area contributed by atoms with Gasteiger partial charge in [0.25, 0.3) is 5.91 Å². The zero-order chi connectivity index (χ0) is 24.2. The highest BCUT2D eigenvalue weighted by atomic mass is 16.5. The number of hydrogen-bond acceptors (Lipinski definition) is 6. The second-order valence-corrected chi connectivity index (χ2v) is 9.84. The number of nitrogens with zero attached hydrogens (tertiary/aromatic N) is 4. The number of nitrogens with one attached hydrogen (secondary N) is 1. The van der Waals surface area contributed by atoms with Gasteiger partial charge in [-0.3, -0.25) is 14.4 Å². The second-order valence-electron chi connectivity index (χ2n) is 9.84. The molecule has 0 aliphatic carbocycles. The Labute approximate surface area is 206 Å². The van der Waals surface area contributed by atoms with Gasteiger partial charge in [-0.2, -0.15) is 5.10 Å². The topological polar surface area (TPSA) is 82.9 Å². The van der Waals surface area contributed by atoms with E-state index in [-0.39, 0.29) is 19.1 Å². The molecule has 8 heteroatoms. The number of aliphatic hydroxyl groups is 1. The monoisotopic (exact) mass is 477 g/mol. The van der Waals surface area contributed by atoms with Crippen LogP contribution >= 0.6 is 0 Å². The molecule has 0 spiro atoms. The minimum atomic E-state index is -0.619. The van der Waals surface area contributed by atoms with Crippen LogP contribution in [0.15, 0.2) is 48.7 Å². The van der Waals surface area contributed by atoms with Crippen LogP contribution in [-0.2, 0) is 17.8 Å². The van der Waals surface area contributed by atoms with Gasteiger partial charge in [0.2, 0.25) is 0 Å². The number of rotatable bonds is 8. The smallest absolute Gasteiger partial charge is 0.258 e. The summed E-state index contributed by atoms with van der Waals surface area (Å²) in [5.41, 5.74) is 3.80. The minimum absolute atomic E-state index is 0.0849. The number of carbonyl (C=O) groups excluding carboxylic acids is 1. The third-order valence-corrected chi connectivity index (χ3v) is 7.18. The molecule has 1 saturated heterocycles. The normalized spacial score (nSPS) is 18.3. The Morgan fingerprint density at radius 3 is 2.80 bits per heavy atom. The van der Waals surface area contributed by atoms with Crippen molar-refractivity contribution in [2.45, 2.75) is 38.0 Å². The first kappa shape index (κ1) is 23.8. The summed E-state index contributed by atoms with van der Waals surface area (Å²) < 4.78 is 7.84. The van der Waals surface area contributed by atoms with Gasteiger partial charge in [0.05, 0.1) is 23.9 Å². The molecule has 0 radical (unpaired) electrons. The van der Waals surface area contributed by atoms with Crippen molar-refractivity contribution in [1.29, 1.82) is 0 Å². The third kappa shape index (κ3) is 5.83. The predicted octanol–water partition coefficient (Wildman–Crippen LogP) is 2.22. The van der Waals surface area contributed by atoms with Crippen molar-refractivity contribution in [1.82, 2.24) is 24.9 Å². The Hall–Kier alpha value is -2.94. The number of β-amino-alcohol motifs (C(OH)–C–C–N with tert-alkyl or cyclic N) is 1. The zero-order valence-electron chi connectivity index (χ0n) is 20.4. The number of likely N-dealkylation sites (tertiary alicyclic amines) is 1. The first-order valence-electron chi connectivity index (χ1n) is 12.6. The largest absolute Gasteiger partial charge is 0.484 e. The average molecular weight is 478 g/mol. The molecule has 5 rings (SSSR count). The molecule has 1 amide bonds. The highest BCUT2D eigenvalue weighted by Crippen LogP contribution is 2.28. The van der Waals surface area contributed by atoms with Crippen LogP contribution in [0.3, 0.4) is 0 Å². The van der Waals surface area contributed by atoms with E-state index in [1.807, 2.05) is 24.4 Å². The molecule has 1 fully saturated rings. The molecule has 1 aromatic heterocycles. The molecule has 2 aliphatic rings. The Bertz CT molecular complexity index is 1150. The maximum Gasteiger partial charge on any atom is 0.258 e. The fourth-order valence-corrected chi connectivity index (χ4v) is 5.16. The molecule has 2 N–H and O–H groups in total. The van der Waals surface area contributed by atoms with Crippen molar-refractivity contribution in [2.75, 3.05) is 46.4 Å². The van der Waals surface area contributed by atoms with Crippen LogP contribution in [0.4, 0.5) is 0 Å². The van der Waals surface area contributed by atoms with Crippen LogP contribution in [0.25, 0.3) is 10.9 Å². The number of hydrogen-bond donors (Lipinski definition) is 2. The maximum atomic E-state index is 12.3. The summed E-state index contributed by atoms with van der Waals surface area (Å²) in [7, 11) is 2.16. The SMILES string of the molecule is CN1CCC(n2ncc3cc(OCC(=O)NCC(O)CN4CCc5ccccc5C4)ccc32)CC1. The number of aliphatic hydroxyl groups excluding tert-OH is 1. The van der Waals surface area contributed by atoms with Crippen LogP contribution in [0.2, 0.25) is 0 Å². The number of ether oxygens (including phenoxy) is 1. The van der Waals surface area contributed by atoms with Crippen molar-refractivity contribution in [3.05, 3.63) is 59.8 Å². The van der Waals surface area contributed by atoms with Crippen LogP contribution in [0, 0.1) is 0 Å². The van der Waals surface area contributed by atoms with Gasteiger partial charge >= 0.3 is 0 Å². The van der Waals surface area contributed by atoms with E-state index < -0.39 is 6.10 Å². The molecular formula is C27H35N5O3. The first-order valence-corrected chi connectivity index (χ1v) is 12.6. The molecule has 0 bridgehead atoms. The predicted molar refractivity (Wildman–Crippen MR) is 135 cm³/mol. The van der Waals surface area contributed by atoms with E-state index in [1.54, 1.807) is 0 Å². The lowest BCUT2D eigenvalue weighted by Gasteiger charge is -2.30. The Morgan fingerprint density at radius 1 is 1.17 bits per heavy atom. The lowest BCUT2D eigenvalue weighted by molar-refractivity contribution is -0.123. The Balaban J connectivity index is 1.07. The molecule has 0 saturated carbocycles. The van der Waals surface area contributed by atoms with Gasteiger partial charge < -0.3 is 20.1 Å². The molecule has 1 unspecified atom stereocenters. The zero-order valence-corrected chi connectivity index (χ0v) is 20.4. The molecule has 2 aliphatic heterocycles. The lowest BCUT2D eigenvalue weighted by atomic mass is 10.00. The molecular weight excluding hydrogens is 442 g/mol. The highest BCUT2D eigenvalue weighted by molar-refractivity contribution is 5.81. The summed E-state index contributed by atoms with van der Waals surface area (Å²) in [6.45, 7) is 4.59. The summed E-state index contributed by atoms with van der Waals surface area (Å²) in [5.74, 6) is 0.401. The summed E-state index contributed by atoms with van der Waals surface area (Å²) in [4.78, 5) is 16.9. The van der Waals surface area contributed by atoms with E-state index in [0.29, 0.717) is 18.3 Å². The van der Waals surface area contributed by atoms with Crippen LogP contribution < -0.4 is 10.1 Å². The highest BCUT2D eigenvalue weighted by Gasteiger charge is 2.21. The fraction of sp³-hybridized carbons (Fsp3) is 0.481. The van der Waals surface area contributed by atoms with E-state index in [2.05, 4.69) is 56.2 Å². The van der Waals surface area contributed by atoms with Crippen LogP contribution in [0.1, 0.15) is 30.0 Å². The number of amides is 1. The van der Waals surface area contributed by atoms with Crippen molar-refractivity contribution >= 4 is 16.8 Å². The van der Waals surface area contributed by atoms with Crippen LogP contribution in [-0.4, -0.2) is 83.1 Å². The molecule has 35 heavy (non-hydrogen) atoms. The van der Waals surface area contributed by atoms with E-state index >= 15 is 0 Å². The summed E-state index contributed by atoms with van der Waals surface area (Å²) in [6, 6.07) is 14.7. The van der Waals surface area contributed by atoms with Gasteiger partial charge in [-0.05, 0) is 68.7 Å². The van der Waals surface area contributed by atoms with Crippen LogP contribution in [0.5, 0.6) is 5.75 Å². The van der Waals surface area contributed by atoms with Crippen molar-refractivity contribution in [2.24, 2.45) is 0 Å². The Kier molecular flexibility index (Phi) is 7.32. The second kappa shape index (κ2) is 10.8. The van der Waals surface area contributed by atoms with Gasteiger partial charge in [-0.25, -0.2) is 0 Å². The summed E-state index contributed by atoms with van der Waals surface area (Å²) in [6.07, 6.45) is 4.44.